The zero-order chi connectivity index (χ0) is 7.90. The lowest BCUT2D eigenvalue weighted by atomic mass is 9.98. The molecule has 0 saturated heterocycles. The molecule has 1 saturated carbocycles. The van der Waals surface area contributed by atoms with Gasteiger partial charge in [0.05, 0.1) is 0 Å². The molecule has 0 heterocycles. The molecule has 0 spiro atoms. The van der Waals surface area contributed by atoms with Crippen molar-refractivity contribution < 1.29 is 0 Å². The van der Waals surface area contributed by atoms with E-state index in [0.29, 0.717) is 6.04 Å². The molecule has 1 aromatic rings. The number of hydrogen-bond acceptors (Lipinski definition) is 1. The summed E-state index contributed by atoms with van der Waals surface area (Å²) in [6, 6.07) is 10.9. The lowest BCUT2D eigenvalue weighted by molar-refractivity contribution is 0.741. The van der Waals surface area contributed by atoms with Crippen molar-refractivity contribution in [3.05, 3.63) is 35.9 Å². The van der Waals surface area contributed by atoms with Crippen molar-refractivity contribution in [3.8, 4) is 0 Å². The first-order chi connectivity index (χ1) is 5.23. The Bertz CT molecular complexity index is 255. The Balaban J connectivity index is 2.32. The normalized spacial score (nSPS) is 35.3. The minimum Gasteiger partial charge on any atom is -0.327 e. The van der Waals surface area contributed by atoms with Gasteiger partial charge in [-0.05, 0) is 12.0 Å². The van der Waals surface area contributed by atoms with Crippen LogP contribution in [0.3, 0.4) is 0 Å². The van der Waals surface area contributed by atoms with Crippen LogP contribution < -0.4 is 5.73 Å². The lowest BCUT2D eigenvalue weighted by Crippen LogP contribution is -2.14. The molecule has 2 rings (SSSR count). The summed E-state index contributed by atoms with van der Waals surface area (Å²) < 4.78 is 0. The molecule has 0 bridgehead atoms. The van der Waals surface area contributed by atoms with Gasteiger partial charge < -0.3 is 5.73 Å². The highest BCUT2D eigenvalue weighted by Gasteiger charge is 2.48. The molecule has 58 valence electrons. The molecule has 1 aromatic carbocycles. The highest BCUT2D eigenvalue weighted by atomic mass is 14.8. The van der Waals surface area contributed by atoms with Gasteiger partial charge in [-0.1, -0.05) is 37.3 Å². The van der Waals surface area contributed by atoms with Gasteiger partial charge in [0.1, 0.15) is 0 Å². The molecule has 2 atom stereocenters. The summed E-state index contributed by atoms with van der Waals surface area (Å²) in [6.45, 7) is 2.23. The van der Waals surface area contributed by atoms with Gasteiger partial charge >= 0.3 is 0 Å². The van der Waals surface area contributed by atoms with Gasteiger partial charge in [-0.2, -0.15) is 0 Å². The van der Waals surface area contributed by atoms with Crippen LogP contribution in [0.25, 0.3) is 0 Å². The van der Waals surface area contributed by atoms with E-state index >= 15 is 0 Å². The van der Waals surface area contributed by atoms with Crippen LogP contribution in [-0.2, 0) is 5.41 Å². The quantitative estimate of drug-likeness (QED) is 0.642. The summed E-state index contributed by atoms with van der Waals surface area (Å²) in [5.41, 5.74) is 7.49. The second kappa shape index (κ2) is 2.08. The monoisotopic (exact) mass is 147 g/mol. The Kier molecular flexibility index (Phi) is 1.30. The van der Waals surface area contributed by atoms with Crippen molar-refractivity contribution in [2.45, 2.75) is 24.8 Å². The van der Waals surface area contributed by atoms with E-state index in [1.165, 1.54) is 5.56 Å². The molecule has 11 heavy (non-hydrogen) atoms. The van der Waals surface area contributed by atoms with Crippen LogP contribution in [0.4, 0.5) is 0 Å². The maximum atomic E-state index is 5.83. The third-order valence-corrected chi connectivity index (χ3v) is 2.74. The molecule has 1 nitrogen and oxygen atoms in total. The molecule has 0 aromatic heterocycles. The first-order valence-corrected chi connectivity index (χ1v) is 4.04. The predicted octanol–water partition coefficient (Wildman–Crippen LogP) is 1.68. The fraction of sp³-hybridized carbons (Fsp3) is 0.400. The van der Waals surface area contributed by atoms with Crippen molar-refractivity contribution >= 4 is 0 Å². The van der Waals surface area contributed by atoms with Crippen LogP contribution in [0.2, 0.25) is 0 Å². The number of benzene rings is 1. The van der Waals surface area contributed by atoms with Crippen LogP contribution in [0.15, 0.2) is 30.3 Å². The fourth-order valence-corrected chi connectivity index (χ4v) is 1.55. The minimum atomic E-state index is 0.279. The van der Waals surface area contributed by atoms with Crippen LogP contribution in [0.5, 0.6) is 0 Å². The summed E-state index contributed by atoms with van der Waals surface area (Å²) in [5, 5.41) is 0. The van der Waals surface area contributed by atoms with E-state index in [-0.39, 0.29) is 5.41 Å². The van der Waals surface area contributed by atoms with Crippen molar-refractivity contribution in [1.82, 2.24) is 0 Å². The SMILES string of the molecule is CC1(c2ccccc2)C[C@H]1N. The van der Waals surface area contributed by atoms with Gasteiger partial charge in [0.2, 0.25) is 0 Å². The first kappa shape index (κ1) is 6.86. The Morgan fingerprint density at radius 1 is 1.36 bits per heavy atom. The maximum absolute atomic E-state index is 5.83. The summed E-state index contributed by atoms with van der Waals surface area (Å²) in [4.78, 5) is 0. The Morgan fingerprint density at radius 2 is 1.91 bits per heavy atom. The topological polar surface area (TPSA) is 26.0 Å². The zero-order valence-corrected chi connectivity index (χ0v) is 6.75. The van der Waals surface area contributed by atoms with Crippen LogP contribution >= 0.6 is 0 Å². The van der Waals surface area contributed by atoms with Crippen molar-refractivity contribution in [3.63, 3.8) is 0 Å². The molecule has 1 fully saturated rings. The number of hydrogen-bond donors (Lipinski definition) is 1. The predicted molar refractivity (Wildman–Crippen MR) is 46.4 cm³/mol. The lowest BCUT2D eigenvalue weighted by Gasteiger charge is -2.08. The largest absolute Gasteiger partial charge is 0.327 e. The van der Waals surface area contributed by atoms with Gasteiger partial charge in [-0.25, -0.2) is 0 Å². The molecule has 1 aliphatic rings. The highest BCUT2D eigenvalue weighted by molar-refractivity contribution is 5.34. The van der Waals surface area contributed by atoms with Crippen molar-refractivity contribution in [1.29, 1.82) is 0 Å². The molecular weight excluding hydrogens is 134 g/mol. The van der Waals surface area contributed by atoms with Crippen molar-refractivity contribution in [2.75, 3.05) is 0 Å². The third-order valence-electron chi connectivity index (χ3n) is 2.74. The van der Waals surface area contributed by atoms with Crippen molar-refractivity contribution in [2.24, 2.45) is 5.73 Å². The molecule has 1 aliphatic carbocycles. The number of nitrogens with two attached hydrogens (primary N) is 1. The van der Waals surface area contributed by atoms with E-state index in [1.807, 2.05) is 6.07 Å². The second-order valence-electron chi connectivity index (χ2n) is 3.59. The minimum absolute atomic E-state index is 0.279. The van der Waals surface area contributed by atoms with E-state index in [0.717, 1.165) is 6.42 Å². The smallest absolute Gasteiger partial charge is 0.0143 e. The number of rotatable bonds is 1. The van der Waals surface area contributed by atoms with E-state index in [1.54, 1.807) is 0 Å². The molecular formula is C10H13N. The second-order valence-corrected chi connectivity index (χ2v) is 3.59. The van der Waals surface area contributed by atoms with E-state index in [4.69, 9.17) is 5.73 Å². The maximum Gasteiger partial charge on any atom is 0.0143 e. The highest BCUT2D eigenvalue weighted by Crippen LogP contribution is 2.46. The molecule has 0 aliphatic heterocycles. The van der Waals surface area contributed by atoms with Crippen LogP contribution in [-0.4, -0.2) is 6.04 Å². The van der Waals surface area contributed by atoms with E-state index < -0.39 is 0 Å². The van der Waals surface area contributed by atoms with Gasteiger partial charge in [0, 0.05) is 11.5 Å². The average Bonchev–Trinajstić information content (AvgIpc) is 2.64. The summed E-state index contributed by atoms with van der Waals surface area (Å²) in [6.07, 6.45) is 1.14. The molecule has 1 unspecified atom stereocenters. The average molecular weight is 147 g/mol. The van der Waals surface area contributed by atoms with Gasteiger partial charge in [-0.3, -0.25) is 0 Å². The Morgan fingerprint density at radius 3 is 2.36 bits per heavy atom. The van der Waals surface area contributed by atoms with E-state index in [2.05, 4.69) is 31.2 Å². The zero-order valence-electron chi connectivity index (χ0n) is 6.75. The summed E-state index contributed by atoms with van der Waals surface area (Å²) in [7, 11) is 0. The fourth-order valence-electron chi connectivity index (χ4n) is 1.55. The van der Waals surface area contributed by atoms with Gasteiger partial charge in [-0.15, -0.1) is 0 Å². The molecule has 1 heteroatoms. The van der Waals surface area contributed by atoms with E-state index in [9.17, 15) is 0 Å². The van der Waals surface area contributed by atoms with Crippen LogP contribution in [0.1, 0.15) is 18.9 Å². The Labute approximate surface area is 67.2 Å². The first-order valence-electron chi connectivity index (χ1n) is 4.04. The van der Waals surface area contributed by atoms with Gasteiger partial charge in [0.25, 0.3) is 0 Å². The molecule has 2 N–H and O–H groups in total. The third kappa shape index (κ3) is 0.962. The standard InChI is InChI=1S/C10H13N/c1-10(7-9(10)11)8-5-3-2-4-6-8/h2-6,9H,7,11H2,1H3/t9-,10?/m1/s1. The van der Waals surface area contributed by atoms with Crippen LogP contribution in [0, 0.1) is 0 Å². The van der Waals surface area contributed by atoms with Gasteiger partial charge in [0.15, 0.2) is 0 Å². The summed E-state index contributed by atoms with van der Waals surface area (Å²) in [5.74, 6) is 0. The molecule has 0 radical (unpaired) electrons. The summed E-state index contributed by atoms with van der Waals surface area (Å²) >= 11 is 0. The Hall–Kier alpha value is -0.820. The molecule has 0 amide bonds.